The minimum Gasteiger partial charge on any atom is -0.367 e. The van der Waals surface area contributed by atoms with E-state index in [0.717, 1.165) is 56.8 Å². The van der Waals surface area contributed by atoms with Gasteiger partial charge in [-0.05, 0) is 24.5 Å². The average Bonchev–Trinajstić information content (AvgIpc) is 2.62. The van der Waals surface area contributed by atoms with Crippen LogP contribution < -0.4 is 10.5 Å². The first-order chi connectivity index (χ1) is 11.7. The summed E-state index contributed by atoms with van der Waals surface area (Å²) in [6.07, 6.45) is 5.34. The van der Waals surface area contributed by atoms with Crippen LogP contribution in [-0.4, -0.2) is 46.3 Å². The van der Waals surface area contributed by atoms with Crippen LogP contribution in [0.3, 0.4) is 0 Å². The fourth-order valence-electron chi connectivity index (χ4n) is 3.35. The molecule has 1 fully saturated rings. The molecule has 2 aromatic heterocycles. The van der Waals surface area contributed by atoms with Gasteiger partial charge in [0.15, 0.2) is 0 Å². The Kier molecular flexibility index (Phi) is 5.25. The van der Waals surface area contributed by atoms with Crippen LogP contribution in [0.1, 0.15) is 30.7 Å². The van der Waals surface area contributed by atoms with E-state index in [1.807, 2.05) is 19.2 Å². The van der Waals surface area contributed by atoms with E-state index >= 15 is 0 Å². The predicted molar refractivity (Wildman–Crippen MR) is 95.3 cm³/mol. The molecule has 0 unspecified atom stereocenters. The van der Waals surface area contributed by atoms with Gasteiger partial charge in [0, 0.05) is 50.2 Å². The lowest BCUT2D eigenvalue weighted by Crippen LogP contribution is -2.46. The molecule has 0 aliphatic carbocycles. The van der Waals surface area contributed by atoms with Crippen molar-refractivity contribution in [2.45, 2.75) is 33.2 Å². The van der Waals surface area contributed by atoms with E-state index in [1.54, 1.807) is 6.20 Å². The summed E-state index contributed by atoms with van der Waals surface area (Å²) in [5, 5.41) is 6.51. The van der Waals surface area contributed by atoms with Crippen LogP contribution in [0.4, 0.5) is 5.69 Å². The Morgan fingerprint density at radius 3 is 2.67 bits per heavy atom. The molecule has 1 saturated heterocycles. The van der Waals surface area contributed by atoms with Crippen molar-refractivity contribution in [3.8, 4) is 0 Å². The normalized spacial score (nSPS) is 15.7. The van der Waals surface area contributed by atoms with Gasteiger partial charge in [-0.1, -0.05) is 19.9 Å². The van der Waals surface area contributed by atoms with E-state index < -0.39 is 0 Å². The third kappa shape index (κ3) is 3.48. The van der Waals surface area contributed by atoms with Crippen molar-refractivity contribution in [1.29, 1.82) is 0 Å². The number of H-pyrrole nitrogens is 1. The summed E-state index contributed by atoms with van der Waals surface area (Å²) >= 11 is 0. The zero-order chi connectivity index (χ0) is 16.9. The second-order valence-corrected chi connectivity index (χ2v) is 6.14. The van der Waals surface area contributed by atoms with Gasteiger partial charge in [0.05, 0.1) is 11.9 Å². The third-order valence-electron chi connectivity index (χ3n) is 4.72. The molecule has 0 spiro atoms. The molecular formula is C18H25N5O. The highest BCUT2D eigenvalue weighted by Gasteiger charge is 2.21. The van der Waals surface area contributed by atoms with Gasteiger partial charge in [0.1, 0.15) is 0 Å². The zero-order valence-corrected chi connectivity index (χ0v) is 14.5. The van der Waals surface area contributed by atoms with Gasteiger partial charge in [-0.3, -0.25) is 14.7 Å². The van der Waals surface area contributed by atoms with Gasteiger partial charge >= 0.3 is 0 Å². The standard InChI is InChI=1S/C18H25N5O/c1-3-15-17(12-20-21-18(15)24)23-10-8-22(9-11-23)13-14-6-5-7-19-16(14)4-2/h5-7,12H,3-4,8-11,13H2,1-2H3,(H,21,24). The second-order valence-electron chi connectivity index (χ2n) is 6.14. The molecule has 2 aromatic rings. The lowest BCUT2D eigenvalue weighted by molar-refractivity contribution is 0.248. The van der Waals surface area contributed by atoms with Crippen LogP contribution in [0, 0.1) is 0 Å². The predicted octanol–water partition coefficient (Wildman–Crippen LogP) is 1.61. The summed E-state index contributed by atoms with van der Waals surface area (Å²) in [7, 11) is 0. The van der Waals surface area contributed by atoms with Crippen molar-refractivity contribution in [2.24, 2.45) is 0 Å². The minimum atomic E-state index is -0.0691. The maximum Gasteiger partial charge on any atom is 0.269 e. The summed E-state index contributed by atoms with van der Waals surface area (Å²) in [6, 6.07) is 4.19. The number of aryl methyl sites for hydroxylation is 1. The summed E-state index contributed by atoms with van der Waals surface area (Å²) in [5.41, 5.74) is 4.25. The highest BCUT2D eigenvalue weighted by atomic mass is 16.1. The number of pyridine rings is 1. The molecule has 24 heavy (non-hydrogen) atoms. The molecule has 3 heterocycles. The molecule has 128 valence electrons. The fourth-order valence-corrected chi connectivity index (χ4v) is 3.35. The van der Waals surface area contributed by atoms with Crippen LogP contribution in [0.15, 0.2) is 29.3 Å². The zero-order valence-electron chi connectivity index (χ0n) is 14.5. The first kappa shape index (κ1) is 16.6. The smallest absolute Gasteiger partial charge is 0.269 e. The lowest BCUT2D eigenvalue weighted by Gasteiger charge is -2.36. The molecule has 1 N–H and O–H groups in total. The molecule has 0 saturated carbocycles. The Bertz CT molecular complexity index is 734. The van der Waals surface area contributed by atoms with Crippen LogP contribution >= 0.6 is 0 Å². The van der Waals surface area contributed by atoms with E-state index in [9.17, 15) is 4.79 Å². The van der Waals surface area contributed by atoms with Crippen LogP contribution in [0.5, 0.6) is 0 Å². The Morgan fingerprint density at radius 1 is 1.17 bits per heavy atom. The van der Waals surface area contributed by atoms with Crippen molar-refractivity contribution in [1.82, 2.24) is 20.1 Å². The van der Waals surface area contributed by atoms with Gasteiger partial charge in [-0.15, -0.1) is 0 Å². The molecule has 0 atom stereocenters. The number of rotatable bonds is 5. The van der Waals surface area contributed by atoms with Crippen molar-refractivity contribution in [3.63, 3.8) is 0 Å². The van der Waals surface area contributed by atoms with E-state index in [2.05, 4.69) is 38.0 Å². The SMILES string of the molecule is CCc1ncccc1CN1CCN(c2cn[nH]c(=O)c2CC)CC1. The molecule has 0 aromatic carbocycles. The number of piperazine rings is 1. The van der Waals surface area contributed by atoms with Gasteiger partial charge in [0.2, 0.25) is 0 Å². The largest absolute Gasteiger partial charge is 0.367 e. The van der Waals surface area contributed by atoms with Crippen molar-refractivity contribution in [2.75, 3.05) is 31.1 Å². The topological polar surface area (TPSA) is 65.1 Å². The lowest BCUT2D eigenvalue weighted by atomic mass is 10.1. The number of nitrogens with one attached hydrogen (secondary N) is 1. The molecule has 6 nitrogen and oxygen atoms in total. The number of anilines is 1. The first-order valence-corrected chi connectivity index (χ1v) is 8.69. The quantitative estimate of drug-likeness (QED) is 0.904. The fraction of sp³-hybridized carbons (Fsp3) is 0.500. The summed E-state index contributed by atoms with van der Waals surface area (Å²) < 4.78 is 0. The van der Waals surface area contributed by atoms with Crippen molar-refractivity contribution in [3.05, 3.63) is 51.7 Å². The molecule has 1 aliphatic rings. The Morgan fingerprint density at radius 2 is 1.96 bits per heavy atom. The highest BCUT2D eigenvalue weighted by molar-refractivity contribution is 5.51. The maximum atomic E-state index is 11.9. The molecule has 0 bridgehead atoms. The van der Waals surface area contributed by atoms with Gasteiger partial charge in [-0.2, -0.15) is 5.10 Å². The summed E-state index contributed by atoms with van der Waals surface area (Å²) in [5.74, 6) is 0. The number of hydrogen-bond acceptors (Lipinski definition) is 5. The second kappa shape index (κ2) is 7.57. The first-order valence-electron chi connectivity index (χ1n) is 8.69. The number of aromatic amines is 1. The average molecular weight is 327 g/mol. The molecule has 1 aliphatic heterocycles. The molecule has 0 radical (unpaired) electrons. The minimum absolute atomic E-state index is 0.0691. The summed E-state index contributed by atoms with van der Waals surface area (Å²) in [4.78, 5) is 21.1. The molecule has 0 amide bonds. The van der Waals surface area contributed by atoms with E-state index in [-0.39, 0.29) is 5.56 Å². The molecular weight excluding hydrogens is 302 g/mol. The van der Waals surface area contributed by atoms with E-state index in [4.69, 9.17) is 0 Å². The van der Waals surface area contributed by atoms with Crippen LogP contribution in [0.25, 0.3) is 0 Å². The van der Waals surface area contributed by atoms with Gasteiger partial charge in [-0.25, -0.2) is 5.10 Å². The Hall–Kier alpha value is -2.21. The number of hydrogen-bond donors (Lipinski definition) is 1. The van der Waals surface area contributed by atoms with Gasteiger partial charge < -0.3 is 4.90 Å². The monoisotopic (exact) mass is 327 g/mol. The van der Waals surface area contributed by atoms with E-state index in [1.165, 1.54) is 11.3 Å². The van der Waals surface area contributed by atoms with E-state index in [0.29, 0.717) is 0 Å². The molecule has 3 rings (SSSR count). The van der Waals surface area contributed by atoms with Crippen LogP contribution in [0.2, 0.25) is 0 Å². The number of aromatic nitrogens is 3. The number of nitrogens with zero attached hydrogens (tertiary/aromatic N) is 4. The highest BCUT2D eigenvalue weighted by Crippen LogP contribution is 2.19. The van der Waals surface area contributed by atoms with Gasteiger partial charge in [0.25, 0.3) is 5.56 Å². The third-order valence-corrected chi connectivity index (χ3v) is 4.72. The van der Waals surface area contributed by atoms with Crippen molar-refractivity contribution < 1.29 is 0 Å². The Labute approximate surface area is 142 Å². The van der Waals surface area contributed by atoms with Crippen molar-refractivity contribution >= 4 is 5.69 Å². The summed E-state index contributed by atoms with van der Waals surface area (Å²) in [6.45, 7) is 8.90. The Balaban J connectivity index is 1.66. The maximum absolute atomic E-state index is 11.9. The van der Waals surface area contributed by atoms with Crippen LogP contribution in [-0.2, 0) is 19.4 Å². The molecule has 6 heteroatoms.